The van der Waals surface area contributed by atoms with Gasteiger partial charge in [0, 0.05) is 6.07 Å². The number of nitrogens with zero attached hydrogens (tertiary/aromatic N) is 2. The lowest BCUT2D eigenvalue weighted by Gasteiger charge is -2.08. The molecule has 0 aliphatic heterocycles. The van der Waals surface area contributed by atoms with Gasteiger partial charge in [-0.1, -0.05) is 18.2 Å². The summed E-state index contributed by atoms with van der Waals surface area (Å²) >= 11 is 0. The van der Waals surface area contributed by atoms with Crippen molar-refractivity contribution >= 4 is 11.4 Å². The number of hydrogen-bond acceptors (Lipinski definition) is 6. The van der Waals surface area contributed by atoms with Crippen LogP contribution in [0.1, 0.15) is 0 Å². The van der Waals surface area contributed by atoms with E-state index in [2.05, 4.69) is 0 Å². The molecule has 0 amide bonds. The molecular weight excluding hydrogens is 292 g/mol. The number of benzene rings is 2. The Bertz CT molecular complexity index is 674. The van der Waals surface area contributed by atoms with Gasteiger partial charge in [-0.3, -0.25) is 20.2 Å². The molecule has 2 aromatic carbocycles. The molecule has 0 unspecified atom stereocenters. The van der Waals surface area contributed by atoms with Crippen molar-refractivity contribution in [2.45, 2.75) is 0 Å². The number of ether oxygens (including phenoxy) is 2. The summed E-state index contributed by atoms with van der Waals surface area (Å²) in [5.41, 5.74) is -0.812. The van der Waals surface area contributed by atoms with Crippen LogP contribution in [0.25, 0.3) is 0 Å². The normalized spacial score (nSPS) is 10.0. The summed E-state index contributed by atoms with van der Waals surface area (Å²) < 4.78 is 10.7. The van der Waals surface area contributed by atoms with Gasteiger partial charge in [0.1, 0.15) is 19.0 Å². The van der Waals surface area contributed by atoms with E-state index in [0.717, 1.165) is 12.1 Å². The molecule has 0 atom stereocenters. The van der Waals surface area contributed by atoms with Crippen molar-refractivity contribution in [2.75, 3.05) is 13.2 Å². The molecule has 0 aromatic heterocycles. The Morgan fingerprint density at radius 1 is 0.864 bits per heavy atom. The Kier molecular flexibility index (Phi) is 4.86. The zero-order valence-electron chi connectivity index (χ0n) is 11.4. The van der Waals surface area contributed by atoms with Gasteiger partial charge >= 0.3 is 5.69 Å². The van der Waals surface area contributed by atoms with Crippen LogP contribution in [0.4, 0.5) is 11.4 Å². The maximum Gasteiger partial charge on any atom is 0.317 e. The summed E-state index contributed by atoms with van der Waals surface area (Å²) in [5.74, 6) is 0.622. The summed E-state index contributed by atoms with van der Waals surface area (Å²) in [6.45, 7) is 0.270. The van der Waals surface area contributed by atoms with Gasteiger partial charge in [-0.15, -0.1) is 0 Å². The van der Waals surface area contributed by atoms with E-state index in [0.29, 0.717) is 5.75 Å². The molecule has 0 heterocycles. The second kappa shape index (κ2) is 7.02. The van der Waals surface area contributed by atoms with Crippen molar-refractivity contribution in [2.24, 2.45) is 0 Å². The zero-order valence-corrected chi connectivity index (χ0v) is 11.4. The van der Waals surface area contributed by atoms with Gasteiger partial charge in [0.2, 0.25) is 0 Å². The largest absolute Gasteiger partial charge is 0.490 e. The van der Waals surface area contributed by atoms with E-state index in [9.17, 15) is 20.2 Å². The number of rotatable bonds is 7. The van der Waals surface area contributed by atoms with Crippen molar-refractivity contribution in [3.05, 3.63) is 68.8 Å². The molecule has 22 heavy (non-hydrogen) atoms. The quantitative estimate of drug-likeness (QED) is 0.442. The predicted molar refractivity (Wildman–Crippen MR) is 77.2 cm³/mol. The Labute approximate surface area is 125 Å². The molecule has 0 bridgehead atoms. The van der Waals surface area contributed by atoms with Crippen LogP contribution in [0.2, 0.25) is 0 Å². The second-order valence-electron chi connectivity index (χ2n) is 4.18. The Morgan fingerprint density at radius 2 is 1.55 bits per heavy atom. The van der Waals surface area contributed by atoms with Crippen molar-refractivity contribution < 1.29 is 19.3 Å². The van der Waals surface area contributed by atoms with Crippen molar-refractivity contribution in [3.63, 3.8) is 0 Å². The molecule has 0 radical (unpaired) electrons. The van der Waals surface area contributed by atoms with Crippen LogP contribution in [-0.2, 0) is 0 Å². The molecule has 0 spiro atoms. The number of para-hydroxylation sites is 1. The monoisotopic (exact) mass is 304 g/mol. The first-order valence-corrected chi connectivity index (χ1v) is 6.31. The fourth-order valence-electron chi connectivity index (χ4n) is 1.71. The first-order valence-electron chi connectivity index (χ1n) is 6.31. The SMILES string of the molecule is O=[N+]([O-])c1ccc(OCCOc2ccccc2)c([N+](=O)[O-])c1. The topological polar surface area (TPSA) is 105 Å². The van der Waals surface area contributed by atoms with Crippen LogP contribution in [-0.4, -0.2) is 23.1 Å². The molecule has 0 aliphatic carbocycles. The molecule has 0 fully saturated rings. The summed E-state index contributed by atoms with van der Waals surface area (Å²) in [6, 6.07) is 12.3. The van der Waals surface area contributed by atoms with Crippen LogP contribution >= 0.6 is 0 Å². The van der Waals surface area contributed by atoms with Crippen molar-refractivity contribution in [3.8, 4) is 11.5 Å². The molecule has 114 valence electrons. The number of nitro benzene ring substituents is 2. The van der Waals surface area contributed by atoms with Gasteiger partial charge in [-0.25, -0.2) is 0 Å². The minimum Gasteiger partial charge on any atom is -0.490 e. The highest BCUT2D eigenvalue weighted by Crippen LogP contribution is 2.30. The molecule has 0 saturated heterocycles. The first-order chi connectivity index (χ1) is 10.6. The number of non-ortho nitro benzene ring substituents is 1. The Hall–Kier alpha value is -3.16. The average molecular weight is 304 g/mol. The number of hydrogen-bond donors (Lipinski definition) is 0. The zero-order chi connectivity index (χ0) is 15.9. The summed E-state index contributed by atoms with van der Waals surface area (Å²) in [4.78, 5) is 20.1. The lowest BCUT2D eigenvalue weighted by atomic mass is 10.2. The van der Waals surface area contributed by atoms with E-state index in [1.165, 1.54) is 6.07 Å². The minimum atomic E-state index is -0.722. The fraction of sp³-hybridized carbons (Fsp3) is 0.143. The minimum absolute atomic E-state index is 0.0349. The van der Waals surface area contributed by atoms with Crippen LogP contribution in [0.5, 0.6) is 11.5 Å². The summed E-state index contributed by atoms with van der Waals surface area (Å²) in [7, 11) is 0. The van der Waals surface area contributed by atoms with Gasteiger partial charge in [-0.2, -0.15) is 0 Å². The predicted octanol–water partition coefficient (Wildman–Crippen LogP) is 2.96. The van der Waals surface area contributed by atoms with Crippen LogP contribution in [0.3, 0.4) is 0 Å². The fourth-order valence-corrected chi connectivity index (χ4v) is 1.71. The highest BCUT2D eigenvalue weighted by atomic mass is 16.6. The van der Waals surface area contributed by atoms with Gasteiger partial charge in [0.15, 0.2) is 5.75 Å². The third-order valence-electron chi connectivity index (χ3n) is 2.70. The van der Waals surface area contributed by atoms with Gasteiger partial charge in [-0.05, 0) is 18.2 Å². The summed E-state index contributed by atoms with van der Waals surface area (Å²) in [6.07, 6.45) is 0. The molecular formula is C14H12N2O6. The van der Waals surface area contributed by atoms with E-state index in [1.54, 1.807) is 12.1 Å². The molecule has 2 rings (SSSR count). The maximum atomic E-state index is 10.9. The Balaban J connectivity index is 1.97. The molecule has 2 aromatic rings. The molecule has 8 nitrogen and oxygen atoms in total. The average Bonchev–Trinajstić information content (AvgIpc) is 2.52. The van der Waals surface area contributed by atoms with E-state index < -0.39 is 15.5 Å². The number of nitro groups is 2. The third kappa shape index (κ3) is 3.92. The molecule has 0 saturated carbocycles. The van der Waals surface area contributed by atoms with Gasteiger partial charge in [0.25, 0.3) is 5.69 Å². The third-order valence-corrected chi connectivity index (χ3v) is 2.70. The first kappa shape index (κ1) is 15.2. The van der Waals surface area contributed by atoms with E-state index >= 15 is 0 Å². The smallest absolute Gasteiger partial charge is 0.317 e. The summed E-state index contributed by atoms with van der Waals surface area (Å²) in [5, 5.41) is 21.5. The standard InChI is InChI=1S/C14H12N2O6/c17-15(18)11-6-7-14(13(10-11)16(19)20)22-9-8-21-12-4-2-1-3-5-12/h1-7,10H,8-9H2. The van der Waals surface area contributed by atoms with Crippen LogP contribution in [0.15, 0.2) is 48.5 Å². The lowest BCUT2D eigenvalue weighted by Crippen LogP contribution is -2.10. The van der Waals surface area contributed by atoms with Gasteiger partial charge < -0.3 is 9.47 Å². The van der Waals surface area contributed by atoms with Crippen LogP contribution in [0, 0.1) is 20.2 Å². The van der Waals surface area contributed by atoms with Gasteiger partial charge in [0.05, 0.1) is 15.9 Å². The van der Waals surface area contributed by atoms with E-state index in [4.69, 9.17) is 9.47 Å². The van der Waals surface area contributed by atoms with Crippen molar-refractivity contribution in [1.29, 1.82) is 0 Å². The maximum absolute atomic E-state index is 10.9. The van der Waals surface area contributed by atoms with Crippen molar-refractivity contribution in [1.82, 2.24) is 0 Å². The van der Waals surface area contributed by atoms with Crippen LogP contribution < -0.4 is 9.47 Å². The molecule has 0 aliphatic rings. The van der Waals surface area contributed by atoms with E-state index in [-0.39, 0.29) is 24.7 Å². The highest BCUT2D eigenvalue weighted by Gasteiger charge is 2.20. The molecule has 8 heteroatoms. The second-order valence-corrected chi connectivity index (χ2v) is 4.18. The highest BCUT2D eigenvalue weighted by molar-refractivity contribution is 5.53. The van der Waals surface area contributed by atoms with E-state index in [1.807, 2.05) is 18.2 Å². The lowest BCUT2D eigenvalue weighted by molar-refractivity contribution is -0.394. The molecule has 0 N–H and O–H groups in total. The Morgan fingerprint density at radius 3 is 2.18 bits per heavy atom.